The van der Waals surface area contributed by atoms with Crippen LogP contribution < -0.4 is 11.1 Å². The first-order valence-electron chi connectivity index (χ1n) is 5.83. The fourth-order valence-electron chi connectivity index (χ4n) is 1.53. The summed E-state index contributed by atoms with van der Waals surface area (Å²) in [5.41, 5.74) is 6.60. The third-order valence-electron chi connectivity index (χ3n) is 2.41. The van der Waals surface area contributed by atoms with E-state index in [1.54, 1.807) is 6.92 Å². The lowest BCUT2D eigenvalue weighted by Crippen LogP contribution is -2.12. The molecule has 0 bridgehead atoms. The van der Waals surface area contributed by atoms with Crippen molar-refractivity contribution in [3.63, 3.8) is 0 Å². The maximum Gasteiger partial charge on any atom is 0.294 e. The Morgan fingerprint density at radius 1 is 1.50 bits per heavy atom. The molecule has 0 fully saturated rings. The number of nitrogens with zero attached hydrogens (tertiary/aromatic N) is 1. The number of amides is 1. The number of carbonyl (C=O) groups is 1. The maximum absolute atomic E-state index is 13.2. The van der Waals surface area contributed by atoms with Gasteiger partial charge >= 0.3 is 0 Å². The summed E-state index contributed by atoms with van der Waals surface area (Å²) in [6.07, 6.45) is 0. The number of aromatic nitrogens is 1. The molecular weight excluding hydrogens is 261 g/mol. The van der Waals surface area contributed by atoms with Crippen LogP contribution in [0, 0.1) is 24.6 Å². The second kappa shape index (κ2) is 5.99. The Bertz CT molecular complexity index is 698. The van der Waals surface area contributed by atoms with Gasteiger partial charge in [0.15, 0.2) is 0 Å². The van der Waals surface area contributed by atoms with Crippen molar-refractivity contribution >= 4 is 11.6 Å². The number of carbonyl (C=O) groups excluding carboxylic acids is 1. The van der Waals surface area contributed by atoms with E-state index in [-0.39, 0.29) is 12.3 Å². The lowest BCUT2D eigenvalue weighted by molar-refractivity contribution is 0.0988. The minimum Gasteiger partial charge on any atom is -0.351 e. The minimum absolute atomic E-state index is 0.0737. The maximum atomic E-state index is 13.2. The molecule has 1 aromatic heterocycles. The molecule has 1 heterocycles. The average molecular weight is 273 g/mol. The zero-order valence-corrected chi connectivity index (χ0v) is 10.7. The van der Waals surface area contributed by atoms with Gasteiger partial charge < -0.3 is 15.6 Å². The first-order chi connectivity index (χ1) is 9.60. The van der Waals surface area contributed by atoms with Crippen LogP contribution in [-0.2, 0) is 0 Å². The van der Waals surface area contributed by atoms with Crippen molar-refractivity contribution < 1.29 is 13.7 Å². The van der Waals surface area contributed by atoms with E-state index >= 15 is 0 Å². The average Bonchev–Trinajstić information content (AvgIpc) is 2.85. The second-order valence-corrected chi connectivity index (χ2v) is 3.98. The van der Waals surface area contributed by atoms with Crippen molar-refractivity contribution in [2.24, 2.45) is 5.73 Å². The molecule has 5 nitrogen and oxygen atoms in total. The van der Waals surface area contributed by atoms with E-state index in [4.69, 9.17) is 10.3 Å². The lowest BCUT2D eigenvalue weighted by atomic mass is 10.1. The highest BCUT2D eigenvalue weighted by Gasteiger charge is 2.13. The molecule has 0 spiro atoms. The van der Waals surface area contributed by atoms with E-state index in [2.05, 4.69) is 22.3 Å². The number of hydrogen-bond donors (Lipinski definition) is 2. The predicted octanol–water partition coefficient (Wildman–Crippen LogP) is 1.68. The molecular formula is C14H12FN3O2. The van der Waals surface area contributed by atoms with Gasteiger partial charge in [-0.3, -0.25) is 4.79 Å². The third kappa shape index (κ3) is 3.22. The Morgan fingerprint density at radius 3 is 2.95 bits per heavy atom. The monoisotopic (exact) mass is 273 g/mol. The first kappa shape index (κ1) is 13.8. The smallest absolute Gasteiger partial charge is 0.294 e. The molecule has 2 aromatic rings. The molecule has 102 valence electrons. The SMILES string of the molecule is Cc1cc(C(=O)Nc2ccc(F)cc2C#CCN)on1. The van der Waals surface area contributed by atoms with Crippen molar-refractivity contribution in [1.29, 1.82) is 0 Å². The van der Waals surface area contributed by atoms with E-state index in [1.807, 2.05) is 0 Å². The van der Waals surface area contributed by atoms with Gasteiger partial charge in [0.1, 0.15) is 5.82 Å². The van der Waals surface area contributed by atoms with Gasteiger partial charge in [-0.1, -0.05) is 17.0 Å². The fourth-order valence-corrected chi connectivity index (χ4v) is 1.53. The minimum atomic E-state index is -0.479. The van der Waals surface area contributed by atoms with Crippen LogP contribution >= 0.6 is 0 Å². The van der Waals surface area contributed by atoms with Crippen LogP contribution in [0.25, 0.3) is 0 Å². The van der Waals surface area contributed by atoms with Crippen LogP contribution in [0.5, 0.6) is 0 Å². The molecule has 0 radical (unpaired) electrons. The van der Waals surface area contributed by atoms with Gasteiger partial charge in [-0.05, 0) is 25.1 Å². The highest BCUT2D eigenvalue weighted by Crippen LogP contribution is 2.17. The number of hydrogen-bond acceptors (Lipinski definition) is 4. The fraction of sp³-hybridized carbons (Fsp3) is 0.143. The molecule has 0 atom stereocenters. The van der Waals surface area contributed by atoms with Crippen LogP contribution in [0.1, 0.15) is 21.8 Å². The molecule has 0 aliphatic rings. The summed E-state index contributed by atoms with van der Waals surface area (Å²) < 4.78 is 18.0. The normalized spacial score (nSPS) is 9.75. The molecule has 1 amide bonds. The molecule has 0 saturated heterocycles. The lowest BCUT2D eigenvalue weighted by Gasteiger charge is -2.05. The van der Waals surface area contributed by atoms with Crippen LogP contribution in [0.15, 0.2) is 28.8 Å². The topological polar surface area (TPSA) is 81.2 Å². The van der Waals surface area contributed by atoms with Crippen molar-refractivity contribution in [1.82, 2.24) is 5.16 Å². The Hall–Kier alpha value is -2.65. The van der Waals surface area contributed by atoms with Crippen molar-refractivity contribution in [2.75, 3.05) is 11.9 Å². The van der Waals surface area contributed by atoms with E-state index in [9.17, 15) is 9.18 Å². The largest absolute Gasteiger partial charge is 0.351 e. The van der Waals surface area contributed by atoms with E-state index in [1.165, 1.54) is 24.3 Å². The molecule has 6 heteroatoms. The Morgan fingerprint density at radius 2 is 2.30 bits per heavy atom. The Kier molecular flexibility index (Phi) is 4.13. The van der Waals surface area contributed by atoms with Crippen molar-refractivity contribution in [3.05, 3.63) is 47.1 Å². The number of rotatable bonds is 2. The highest BCUT2D eigenvalue weighted by atomic mass is 19.1. The van der Waals surface area contributed by atoms with E-state index in [0.29, 0.717) is 16.9 Å². The van der Waals surface area contributed by atoms with Gasteiger partial charge in [0.25, 0.3) is 5.91 Å². The van der Waals surface area contributed by atoms with Gasteiger partial charge in [0, 0.05) is 6.07 Å². The molecule has 1 aromatic carbocycles. The van der Waals surface area contributed by atoms with Crippen LogP contribution in [0.3, 0.4) is 0 Å². The predicted molar refractivity (Wildman–Crippen MR) is 71.5 cm³/mol. The standard InChI is InChI=1S/C14H12FN3O2/c1-9-7-13(20-18-9)14(19)17-12-5-4-11(15)8-10(12)3-2-6-16/h4-5,7-8H,6,16H2,1H3,(H,17,19). The molecule has 3 N–H and O–H groups in total. The molecule has 20 heavy (non-hydrogen) atoms. The Labute approximate surface area is 114 Å². The van der Waals surface area contributed by atoms with Gasteiger partial charge in [-0.2, -0.15) is 0 Å². The van der Waals surface area contributed by atoms with E-state index < -0.39 is 11.7 Å². The van der Waals surface area contributed by atoms with Gasteiger partial charge in [-0.15, -0.1) is 0 Å². The zero-order valence-electron chi connectivity index (χ0n) is 10.7. The van der Waals surface area contributed by atoms with E-state index in [0.717, 1.165) is 0 Å². The summed E-state index contributed by atoms with van der Waals surface area (Å²) in [4.78, 5) is 11.9. The zero-order chi connectivity index (χ0) is 14.5. The second-order valence-electron chi connectivity index (χ2n) is 3.98. The summed E-state index contributed by atoms with van der Waals surface area (Å²) in [7, 11) is 0. The van der Waals surface area contributed by atoms with Crippen molar-refractivity contribution in [2.45, 2.75) is 6.92 Å². The summed E-state index contributed by atoms with van der Waals surface area (Å²) in [6.45, 7) is 1.85. The van der Waals surface area contributed by atoms with Crippen LogP contribution in [-0.4, -0.2) is 17.6 Å². The van der Waals surface area contributed by atoms with Crippen molar-refractivity contribution in [3.8, 4) is 11.8 Å². The number of halogens is 1. The highest BCUT2D eigenvalue weighted by molar-refractivity contribution is 6.03. The molecule has 0 aliphatic heterocycles. The molecule has 0 aliphatic carbocycles. The number of benzene rings is 1. The van der Waals surface area contributed by atoms with Gasteiger partial charge in [-0.25, -0.2) is 4.39 Å². The van der Waals surface area contributed by atoms with Crippen LogP contribution in [0.2, 0.25) is 0 Å². The molecule has 0 saturated carbocycles. The summed E-state index contributed by atoms with van der Waals surface area (Å²) in [5.74, 6) is 4.46. The summed E-state index contributed by atoms with van der Waals surface area (Å²) in [6, 6.07) is 5.39. The quantitative estimate of drug-likeness (QED) is 0.816. The van der Waals surface area contributed by atoms with Crippen LogP contribution in [0.4, 0.5) is 10.1 Å². The third-order valence-corrected chi connectivity index (χ3v) is 2.41. The molecule has 2 rings (SSSR count). The number of nitrogens with two attached hydrogens (primary N) is 1. The van der Waals surface area contributed by atoms with Gasteiger partial charge in [0.05, 0.1) is 23.5 Å². The number of anilines is 1. The summed E-state index contributed by atoms with van der Waals surface area (Å²) >= 11 is 0. The number of nitrogens with one attached hydrogen (secondary N) is 1. The Balaban J connectivity index is 2.26. The number of aryl methyl sites for hydroxylation is 1. The molecule has 0 unspecified atom stereocenters. The van der Waals surface area contributed by atoms with Gasteiger partial charge in [0.2, 0.25) is 5.76 Å². The summed E-state index contributed by atoms with van der Waals surface area (Å²) in [5, 5.41) is 6.22. The first-order valence-corrected chi connectivity index (χ1v) is 5.83.